The summed E-state index contributed by atoms with van der Waals surface area (Å²) in [5.74, 6) is -0.176. The van der Waals surface area contributed by atoms with E-state index >= 15 is 0 Å². The summed E-state index contributed by atoms with van der Waals surface area (Å²) in [6, 6.07) is 8.75. The SMILES string of the molecule is C[C@@H](NC(=O)c1cc(N)cc(Cl)c1)c1cccs1. The molecule has 0 unspecified atom stereocenters. The van der Waals surface area contributed by atoms with Gasteiger partial charge in [0.05, 0.1) is 6.04 Å². The number of anilines is 1. The number of carbonyl (C=O) groups is 1. The molecule has 0 aliphatic rings. The second-order valence-corrected chi connectivity index (χ2v) is 5.40. The molecule has 1 amide bonds. The van der Waals surface area contributed by atoms with Gasteiger partial charge in [0.1, 0.15) is 0 Å². The Hall–Kier alpha value is -1.52. The Balaban J connectivity index is 2.12. The third-order valence-electron chi connectivity index (χ3n) is 2.50. The Kier molecular flexibility index (Phi) is 3.89. The number of hydrogen-bond donors (Lipinski definition) is 2. The fourth-order valence-electron chi connectivity index (χ4n) is 1.63. The highest BCUT2D eigenvalue weighted by Gasteiger charge is 2.12. The summed E-state index contributed by atoms with van der Waals surface area (Å²) in [6.45, 7) is 1.94. The lowest BCUT2D eigenvalue weighted by molar-refractivity contribution is 0.0940. The van der Waals surface area contributed by atoms with Crippen molar-refractivity contribution in [3.8, 4) is 0 Å². The van der Waals surface area contributed by atoms with Crippen LogP contribution in [0.1, 0.15) is 28.2 Å². The molecule has 2 rings (SSSR count). The van der Waals surface area contributed by atoms with Crippen LogP contribution in [-0.4, -0.2) is 5.91 Å². The quantitative estimate of drug-likeness (QED) is 0.846. The first-order valence-electron chi connectivity index (χ1n) is 5.46. The Bertz CT molecular complexity index is 534. The molecular weight excluding hydrogens is 268 g/mol. The Labute approximate surface area is 115 Å². The number of hydrogen-bond acceptors (Lipinski definition) is 3. The van der Waals surface area contributed by atoms with Crippen molar-refractivity contribution in [3.05, 3.63) is 51.2 Å². The zero-order valence-electron chi connectivity index (χ0n) is 9.81. The molecule has 1 aromatic carbocycles. The zero-order valence-corrected chi connectivity index (χ0v) is 11.4. The van der Waals surface area contributed by atoms with E-state index in [0.29, 0.717) is 16.3 Å². The molecule has 0 saturated heterocycles. The highest BCUT2D eigenvalue weighted by molar-refractivity contribution is 7.10. The maximum atomic E-state index is 12.0. The minimum atomic E-state index is -0.176. The van der Waals surface area contributed by atoms with Gasteiger partial charge in [-0.05, 0) is 36.6 Å². The lowest BCUT2D eigenvalue weighted by atomic mass is 10.1. The van der Waals surface area contributed by atoms with Gasteiger partial charge < -0.3 is 11.1 Å². The second kappa shape index (κ2) is 5.42. The van der Waals surface area contributed by atoms with Gasteiger partial charge in [-0.25, -0.2) is 0 Å². The van der Waals surface area contributed by atoms with E-state index in [-0.39, 0.29) is 11.9 Å². The lowest BCUT2D eigenvalue weighted by Crippen LogP contribution is -2.26. The highest BCUT2D eigenvalue weighted by atomic mass is 35.5. The van der Waals surface area contributed by atoms with Gasteiger partial charge in [0.15, 0.2) is 0 Å². The number of thiophene rings is 1. The molecule has 3 N–H and O–H groups in total. The normalized spacial score (nSPS) is 12.1. The van der Waals surface area contributed by atoms with Crippen molar-refractivity contribution in [3.63, 3.8) is 0 Å². The summed E-state index contributed by atoms with van der Waals surface area (Å²) < 4.78 is 0. The predicted molar refractivity (Wildman–Crippen MR) is 76.1 cm³/mol. The molecule has 18 heavy (non-hydrogen) atoms. The molecule has 3 nitrogen and oxygen atoms in total. The van der Waals surface area contributed by atoms with Crippen LogP contribution in [0.2, 0.25) is 5.02 Å². The van der Waals surface area contributed by atoms with Crippen molar-refractivity contribution in [2.75, 3.05) is 5.73 Å². The van der Waals surface area contributed by atoms with Crippen molar-refractivity contribution in [2.45, 2.75) is 13.0 Å². The molecule has 0 aliphatic carbocycles. The van der Waals surface area contributed by atoms with E-state index in [1.807, 2.05) is 24.4 Å². The van der Waals surface area contributed by atoms with Crippen LogP contribution >= 0.6 is 22.9 Å². The van der Waals surface area contributed by atoms with Crippen LogP contribution < -0.4 is 11.1 Å². The number of nitrogens with two attached hydrogens (primary N) is 1. The number of nitrogen functional groups attached to an aromatic ring is 1. The monoisotopic (exact) mass is 280 g/mol. The molecule has 0 aliphatic heterocycles. The molecule has 94 valence electrons. The zero-order chi connectivity index (χ0) is 13.1. The van der Waals surface area contributed by atoms with Crippen LogP contribution in [0.3, 0.4) is 0 Å². The lowest BCUT2D eigenvalue weighted by Gasteiger charge is -2.12. The van der Waals surface area contributed by atoms with Gasteiger partial charge in [0.25, 0.3) is 5.91 Å². The summed E-state index contributed by atoms with van der Waals surface area (Å²) in [5, 5.41) is 5.35. The van der Waals surface area contributed by atoms with E-state index in [2.05, 4.69) is 5.32 Å². The average molecular weight is 281 g/mol. The van der Waals surface area contributed by atoms with Crippen molar-refractivity contribution in [1.29, 1.82) is 0 Å². The fraction of sp³-hybridized carbons (Fsp3) is 0.154. The summed E-state index contributed by atoms with van der Waals surface area (Å²) in [6.07, 6.45) is 0. The molecule has 2 aromatic rings. The first kappa shape index (κ1) is 12.9. The first-order valence-corrected chi connectivity index (χ1v) is 6.72. The minimum Gasteiger partial charge on any atom is -0.399 e. The van der Waals surface area contributed by atoms with Gasteiger partial charge in [-0.2, -0.15) is 0 Å². The van der Waals surface area contributed by atoms with Gasteiger partial charge in [-0.1, -0.05) is 17.7 Å². The molecule has 1 aromatic heterocycles. The highest BCUT2D eigenvalue weighted by Crippen LogP contribution is 2.20. The minimum absolute atomic E-state index is 0.0299. The van der Waals surface area contributed by atoms with Gasteiger partial charge in [-0.15, -0.1) is 11.3 Å². The molecule has 1 heterocycles. The molecule has 5 heteroatoms. The van der Waals surface area contributed by atoms with Crippen LogP contribution in [0, 0.1) is 0 Å². The van der Waals surface area contributed by atoms with E-state index in [4.69, 9.17) is 17.3 Å². The third kappa shape index (κ3) is 3.03. The Morgan fingerprint density at radius 1 is 1.44 bits per heavy atom. The molecule has 0 spiro atoms. The largest absolute Gasteiger partial charge is 0.399 e. The van der Waals surface area contributed by atoms with E-state index in [1.54, 1.807) is 29.5 Å². The third-order valence-corrected chi connectivity index (χ3v) is 3.77. The number of halogens is 1. The van der Waals surface area contributed by atoms with Crippen LogP contribution in [0.5, 0.6) is 0 Å². The number of amides is 1. The van der Waals surface area contributed by atoms with Crippen LogP contribution in [-0.2, 0) is 0 Å². The molecule has 0 fully saturated rings. The summed E-state index contributed by atoms with van der Waals surface area (Å²) >= 11 is 7.48. The molecular formula is C13H13ClN2OS. The maximum absolute atomic E-state index is 12.0. The van der Waals surface area contributed by atoms with Crippen molar-refractivity contribution >= 4 is 34.5 Å². The Morgan fingerprint density at radius 2 is 2.22 bits per heavy atom. The Morgan fingerprint density at radius 3 is 2.83 bits per heavy atom. The van der Waals surface area contributed by atoms with E-state index in [9.17, 15) is 4.79 Å². The average Bonchev–Trinajstić information content (AvgIpc) is 2.80. The van der Waals surface area contributed by atoms with Crippen LogP contribution in [0.4, 0.5) is 5.69 Å². The number of carbonyl (C=O) groups excluding carboxylic acids is 1. The summed E-state index contributed by atoms with van der Waals surface area (Å²) in [4.78, 5) is 13.1. The molecule has 1 atom stereocenters. The van der Waals surface area contributed by atoms with Gasteiger partial charge in [-0.3, -0.25) is 4.79 Å². The van der Waals surface area contributed by atoms with Crippen LogP contribution in [0.25, 0.3) is 0 Å². The van der Waals surface area contributed by atoms with Gasteiger partial charge in [0, 0.05) is 21.2 Å². The van der Waals surface area contributed by atoms with E-state index in [0.717, 1.165) is 4.88 Å². The van der Waals surface area contributed by atoms with Crippen LogP contribution in [0.15, 0.2) is 35.7 Å². The standard InChI is InChI=1S/C13H13ClN2OS/c1-8(12-3-2-4-18-12)16-13(17)9-5-10(14)7-11(15)6-9/h2-8H,15H2,1H3,(H,16,17)/t8-/m1/s1. The maximum Gasteiger partial charge on any atom is 0.251 e. The van der Waals surface area contributed by atoms with E-state index < -0.39 is 0 Å². The summed E-state index contributed by atoms with van der Waals surface area (Å²) in [5.41, 5.74) is 6.62. The van der Waals surface area contributed by atoms with Crippen molar-refractivity contribution in [2.24, 2.45) is 0 Å². The van der Waals surface area contributed by atoms with Gasteiger partial charge in [0.2, 0.25) is 0 Å². The number of nitrogens with one attached hydrogen (secondary N) is 1. The fourth-order valence-corrected chi connectivity index (χ4v) is 2.61. The smallest absolute Gasteiger partial charge is 0.251 e. The molecule has 0 bridgehead atoms. The molecule has 0 saturated carbocycles. The number of benzene rings is 1. The summed E-state index contributed by atoms with van der Waals surface area (Å²) in [7, 11) is 0. The molecule has 0 radical (unpaired) electrons. The van der Waals surface area contributed by atoms with Gasteiger partial charge >= 0.3 is 0 Å². The van der Waals surface area contributed by atoms with Crippen molar-refractivity contribution < 1.29 is 4.79 Å². The topological polar surface area (TPSA) is 55.1 Å². The predicted octanol–water partition coefficient (Wildman–Crippen LogP) is 3.47. The first-order chi connectivity index (χ1) is 8.56. The number of rotatable bonds is 3. The van der Waals surface area contributed by atoms with E-state index in [1.165, 1.54) is 0 Å². The second-order valence-electron chi connectivity index (χ2n) is 3.98. The van der Waals surface area contributed by atoms with Crippen molar-refractivity contribution in [1.82, 2.24) is 5.32 Å².